The topological polar surface area (TPSA) is 95.9 Å². The van der Waals surface area contributed by atoms with E-state index in [-0.39, 0.29) is 23.4 Å². The maximum atomic E-state index is 14.9. The van der Waals surface area contributed by atoms with E-state index in [1.807, 2.05) is 0 Å². The molecule has 0 atom stereocenters. The zero-order chi connectivity index (χ0) is 25.9. The van der Waals surface area contributed by atoms with Crippen molar-refractivity contribution in [2.24, 2.45) is 0 Å². The summed E-state index contributed by atoms with van der Waals surface area (Å²) in [6.45, 7) is -0.313. The lowest BCUT2D eigenvalue weighted by Gasteiger charge is -2.23. The second-order valence-electron chi connectivity index (χ2n) is 8.06. The van der Waals surface area contributed by atoms with Gasteiger partial charge < -0.3 is 20.1 Å². The van der Waals surface area contributed by atoms with Crippen LogP contribution in [-0.2, 0) is 4.79 Å². The van der Waals surface area contributed by atoms with Crippen molar-refractivity contribution >= 4 is 34.7 Å². The van der Waals surface area contributed by atoms with Gasteiger partial charge in [0.1, 0.15) is 5.75 Å². The van der Waals surface area contributed by atoms with Crippen LogP contribution in [0, 0.1) is 0 Å². The van der Waals surface area contributed by atoms with E-state index in [1.54, 1.807) is 30.3 Å². The van der Waals surface area contributed by atoms with Crippen molar-refractivity contribution < 1.29 is 33.0 Å². The molecule has 0 bridgehead atoms. The van der Waals surface area contributed by atoms with Crippen LogP contribution in [0.2, 0.25) is 0 Å². The summed E-state index contributed by atoms with van der Waals surface area (Å²) in [6.07, 6.45) is -0.244. The van der Waals surface area contributed by atoms with E-state index >= 15 is 0 Å². The van der Waals surface area contributed by atoms with Crippen molar-refractivity contribution in [2.45, 2.75) is 12.3 Å². The van der Waals surface area contributed by atoms with Gasteiger partial charge in [0.05, 0.1) is 18.4 Å². The first kappa shape index (κ1) is 24.6. The molecule has 1 aliphatic rings. The first-order valence-corrected chi connectivity index (χ1v) is 11.0. The molecule has 0 unspecified atom stereocenters. The number of carboxylic acid groups (broad SMARTS) is 1. The molecule has 0 spiro atoms. The number of carboxylic acids is 1. The highest BCUT2D eigenvalue weighted by molar-refractivity contribution is 6.09. The highest BCUT2D eigenvalue weighted by Gasteiger charge is 2.41. The predicted octanol–water partition coefficient (Wildman–Crippen LogP) is 5.10. The lowest BCUT2D eigenvalue weighted by Crippen LogP contribution is -2.33. The summed E-state index contributed by atoms with van der Waals surface area (Å²) >= 11 is 0. The summed E-state index contributed by atoms with van der Waals surface area (Å²) in [5, 5.41) is 11.9. The molecule has 1 aliphatic heterocycles. The number of allylic oxidation sites excluding steroid dienone is 1. The summed E-state index contributed by atoms with van der Waals surface area (Å²) in [7, 11) is 1.46. The van der Waals surface area contributed by atoms with Gasteiger partial charge >= 0.3 is 5.97 Å². The van der Waals surface area contributed by atoms with Crippen LogP contribution in [0.5, 0.6) is 5.75 Å². The molecule has 36 heavy (non-hydrogen) atoms. The minimum absolute atomic E-state index is 0.0172. The highest BCUT2D eigenvalue weighted by Crippen LogP contribution is 2.43. The third kappa shape index (κ3) is 4.95. The van der Waals surface area contributed by atoms with Crippen molar-refractivity contribution in [3.63, 3.8) is 0 Å². The molecule has 2 N–H and O–H groups in total. The lowest BCUT2D eigenvalue weighted by atomic mass is 9.97. The first-order valence-electron chi connectivity index (χ1n) is 11.0. The van der Waals surface area contributed by atoms with Gasteiger partial charge in [0, 0.05) is 41.4 Å². The maximum Gasteiger partial charge on any atom is 0.328 e. The van der Waals surface area contributed by atoms with Gasteiger partial charge in [-0.15, -0.1) is 0 Å². The van der Waals surface area contributed by atoms with Crippen molar-refractivity contribution in [3.8, 4) is 5.75 Å². The minimum Gasteiger partial charge on any atom is -0.496 e. The van der Waals surface area contributed by atoms with Crippen LogP contribution in [0.1, 0.15) is 32.7 Å². The molecule has 4 rings (SSSR count). The number of ether oxygens (including phenoxy) is 1. The van der Waals surface area contributed by atoms with E-state index in [4.69, 9.17) is 9.84 Å². The number of carbonyl (C=O) groups excluding carboxylic acids is 2. The highest BCUT2D eigenvalue weighted by atomic mass is 19.3. The van der Waals surface area contributed by atoms with Crippen molar-refractivity contribution in [2.75, 3.05) is 23.9 Å². The molecule has 2 amide bonds. The Morgan fingerprint density at radius 2 is 1.67 bits per heavy atom. The lowest BCUT2D eigenvalue weighted by molar-refractivity contribution is -0.131. The van der Waals surface area contributed by atoms with Gasteiger partial charge in [0.25, 0.3) is 17.7 Å². The summed E-state index contributed by atoms with van der Waals surface area (Å²) in [4.78, 5) is 38.4. The summed E-state index contributed by atoms with van der Waals surface area (Å²) in [5.74, 6) is -5.44. The normalized spacial score (nSPS) is 15.5. The number of anilines is 2. The Morgan fingerprint density at radius 1 is 1.00 bits per heavy atom. The molecule has 1 heterocycles. The number of carbonyl (C=O) groups is 3. The number of nitrogens with zero attached hydrogens (tertiary/aromatic N) is 1. The van der Waals surface area contributed by atoms with Crippen LogP contribution < -0.4 is 15.0 Å². The molecule has 0 fully saturated rings. The molecule has 0 saturated carbocycles. The number of hydrogen-bond donors (Lipinski definition) is 2. The number of alkyl halides is 2. The molecule has 3 aromatic rings. The molecule has 184 valence electrons. The number of methoxy groups -OCH3 is 1. The van der Waals surface area contributed by atoms with E-state index in [1.165, 1.54) is 54.5 Å². The molecule has 3 aromatic carbocycles. The zero-order valence-corrected chi connectivity index (χ0v) is 19.2. The van der Waals surface area contributed by atoms with Gasteiger partial charge in [-0.1, -0.05) is 30.3 Å². The maximum absolute atomic E-state index is 14.9. The monoisotopic (exact) mass is 492 g/mol. The van der Waals surface area contributed by atoms with Crippen LogP contribution in [0.15, 0.2) is 78.9 Å². The number of hydrogen-bond acceptors (Lipinski definition) is 4. The Hall–Kier alpha value is -4.53. The standard InChI is InChI=1S/C27H22F2N2O5/c1-36-23-9-5-3-7-20(23)25(34)30-18-12-10-17(11-13-18)26(35)31-15-14-27(28,29)21(16-24(32)33)19-6-2-4-8-22(19)31/h2-13,16H,14-15H2,1H3,(H,30,34)(H,32,33)/b21-16-. The van der Waals surface area contributed by atoms with Gasteiger partial charge in [0.2, 0.25) is 0 Å². The van der Waals surface area contributed by atoms with Crippen LogP contribution in [0.4, 0.5) is 20.2 Å². The molecule has 0 aromatic heterocycles. The molecular formula is C27H22F2N2O5. The van der Waals surface area contributed by atoms with E-state index in [0.717, 1.165) is 0 Å². The minimum atomic E-state index is -3.43. The number of amides is 2. The molecule has 0 radical (unpaired) electrons. The quantitative estimate of drug-likeness (QED) is 0.483. The molecular weight excluding hydrogens is 470 g/mol. The average Bonchev–Trinajstić information content (AvgIpc) is 2.98. The Labute approximate surface area is 205 Å². The second-order valence-corrected chi connectivity index (χ2v) is 8.06. The van der Waals surface area contributed by atoms with E-state index in [2.05, 4.69) is 5.32 Å². The molecule has 0 aliphatic carbocycles. The van der Waals surface area contributed by atoms with E-state index < -0.39 is 35.7 Å². The number of rotatable bonds is 5. The smallest absolute Gasteiger partial charge is 0.328 e. The Balaban J connectivity index is 1.60. The Bertz CT molecular complexity index is 1350. The summed E-state index contributed by atoms with van der Waals surface area (Å²) in [6, 6.07) is 18.8. The van der Waals surface area contributed by atoms with Gasteiger partial charge in [-0.2, -0.15) is 0 Å². The largest absolute Gasteiger partial charge is 0.496 e. The van der Waals surface area contributed by atoms with Crippen LogP contribution in [0.3, 0.4) is 0 Å². The van der Waals surface area contributed by atoms with Crippen LogP contribution in [-0.4, -0.2) is 42.5 Å². The van der Waals surface area contributed by atoms with Gasteiger partial charge in [-0.05, 0) is 42.5 Å². The van der Waals surface area contributed by atoms with Crippen molar-refractivity contribution in [1.29, 1.82) is 0 Å². The van der Waals surface area contributed by atoms with Crippen molar-refractivity contribution in [1.82, 2.24) is 0 Å². The number of para-hydroxylation sites is 2. The predicted molar refractivity (Wildman–Crippen MR) is 131 cm³/mol. The number of aliphatic carboxylic acids is 1. The second kappa shape index (κ2) is 9.99. The fourth-order valence-corrected chi connectivity index (χ4v) is 4.04. The Kier molecular flexibility index (Phi) is 6.82. The third-order valence-electron chi connectivity index (χ3n) is 5.78. The van der Waals surface area contributed by atoms with Crippen LogP contribution >= 0.6 is 0 Å². The first-order chi connectivity index (χ1) is 17.2. The fourth-order valence-electron chi connectivity index (χ4n) is 4.04. The SMILES string of the molecule is COc1ccccc1C(=O)Nc1ccc(C(=O)N2CCC(F)(F)/C(=C\C(=O)O)c3ccccc32)cc1. The third-order valence-corrected chi connectivity index (χ3v) is 5.78. The van der Waals surface area contributed by atoms with E-state index in [0.29, 0.717) is 23.1 Å². The molecule has 7 nitrogen and oxygen atoms in total. The molecule has 9 heteroatoms. The zero-order valence-electron chi connectivity index (χ0n) is 19.2. The van der Waals surface area contributed by atoms with Crippen molar-refractivity contribution in [3.05, 3.63) is 95.6 Å². The van der Waals surface area contributed by atoms with Gasteiger partial charge in [-0.3, -0.25) is 9.59 Å². The number of fused-ring (bicyclic) bond motifs is 1. The fraction of sp³-hybridized carbons (Fsp3) is 0.148. The molecule has 0 saturated heterocycles. The van der Waals surface area contributed by atoms with E-state index in [9.17, 15) is 23.2 Å². The van der Waals surface area contributed by atoms with Crippen LogP contribution in [0.25, 0.3) is 5.57 Å². The average molecular weight is 492 g/mol. The van der Waals surface area contributed by atoms with Gasteiger partial charge in [-0.25, -0.2) is 13.6 Å². The number of halogens is 2. The Morgan fingerprint density at radius 3 is 2.36 bits per heavy atom. The summed E-state index contributed by atoms with van der Waals surface area (Å²) < 4.78 is 34.9. The van der Waals surface area contributed by atoms with Gasteiger partial charge in [0.15, 0.2) is 0 Å². The number of benzene rings is 3. The summed E-state index contributed by atoms with van der Waals surface area (Å²) in [5.41, 5.74) is 0.519. The number of nitrogens with one attached hydrogen (secondary N) is 1.